The zero-order valence-electron chi connectivity index (χ0n) is 10.8. The van der Waals surface area contributed by atoms with Crippen LogP contribution in [-0.4, -0.2) is 24.2 Å². The summed E-state index contributed by atoms with van der Waals surface area (Å²) >= 11 is 0. The van der Waals surface area contributed by atoms with Crippen molar-refractivity contribution in [1.82, 2.24) is 0 Å². The van der Waals surface area contributed by atoms with Crippen LogP contribution in [0.25, 0.3) is 0 Å². The summed E-state index contributed by atoms with van der Waals surface area (Å²) in [4.78, 5) is 13.1. The third-order valence-corrected chi connectivity index (χ3v) is 3.90. The quantitative estimate of drug-likeness (QED) is 0.857. The first-order valence-corrected chi connectivity index (χ1v) is 6.91. The standard InChI is InChI=1S/C15H18FNO2/c16-14-7-12(5-6-13(14)15(18)19)17(8-10-1-2-10)9-11-3-4-11/h5-7,10-11H,1-4,8-9H2,(H,18,19). The lowest BCUT2D eigenvalue weighted by molar-refractivity contribution is 0.0692. The van der Waals surface area contributed by atoms with E-state index >= 15 is 0 Å². The Bertz CT molecular complexity index is 481. The number of carbonyl (C=O) groups is 1. The second-order valence-corrected chi connectivity index (χ2v) is 5.76. The molecular weight excluding hydrogens is 245 g/mol. The van der Waals surface area contributed by atoms with Crippen LogP contribution >= 0.6 is 0 Å². The molecule has 4 heteroatoms. The molecule has 1 N–H and O–H groups in total. The van der Waals surface area contributed by atoms with Crippen LogP contribution in [0.2, 0.25) is 0 Å². The van der Waals surface area contributed by atoms with Crippen molar-refractivity contribution in [3.8, 4) is 0 Å². The Balaban J connectivity index is 1.79. The van der Waals surface area contributed by atoms with Gasteiger partial charge >= 0.3 is 5.97 Å². The van der Waals surface area contributed by atoms with Crippen molar-refractivity contribution in [2.45, 2.75) is 25.7 Å². The first kappa shape index (κ1) is 12.5. The van der Waals surface area contributed by atoms with Gasteiger partial charge in [0.15, 0.2) is 0 Å². The number of rotatable bonds is 6. The van der Waals surface area contributed by atoms with E-state index in [1.807, 2.05) is 0 Å². The van der Waals surface area contributed by atoms with Gasteiger partial charge in [-0.3, -0.25) is 0 Å². The molecule has 19 heavy (non-hydrogen) atoms. The minimum absolute atomic E-state index is 0.249. The van der Waals surface area contributed by atoms with Crippen LogP contribution in [0.5, 0.6) is 0 Å². The molecule has 2 aliphatic rings. The van der Waals surface area contributed by atoms with Crippen LogP contribution in [0.3, 0.4) is 0 Å². The van der Waals surface area contributed by atoms with Crippen molar-refractivity contribution < 1.29 is 14.3 Å². The summed E-state index contributed by atoms with van der Waals surface area (Å²) in [6.07, 6.45) is 5.04. The van der Waals surface area contributed by atoms with E-state index in [1.54, 1.807) is 6.07 Å². The van der Waals surface area contributed by atoms with Crippen LogP contribution in [-0.2, 0) is 0 Å². The topological polar surface area (TPSA) is 40.5 Å². The normalized spacial score (nSPS) is 18.4. The summed E-state index contributed by atoms with van der Waals surface area (Å²) in [6.45, 7) is 1.95. The Kier molecular flexibility index (Phi) is 3.17. The maximum Gasteiger partial charge on any atom is 0.338 e. The molecular formula is C15H18FNO2. The molecule has 2 fully saturated rings. The van der Waals surface area contributed by atoms with Gasteiger partial charge in [0.2, 0.25) is 0 Å². The molecule has 102 valence electrons. The van der Waals surface area contributed by atoms with E-state index in [4.69, 9.17) is 5.11 Å². The van der Waals surface area contributed by atoms with Gasteiger partial charge in [-0.2, -0.15) is 0 Å². The van der Waals surface area contributed by atoms with E-state index in [-0.39, 0.29) is 5.56 Å². The molecule has 0 spiro atoms. The number of carboxylic acids is 1. The minimum atomic E-state index is -1.21. The van der Waals surface area contributed by atoms with E-state index in [0.717, 1.165) is 30.6 Å². The Morgan fingerprint density at radius 3 is 2.21 bits per heavy atom. The maximum absolute atomic E-state index is 13.8. The number of anilines is 1. The second kappa shape index (κ2) is 4.83. The first-order chi connectivity index (χ1) is 9.13. The Hall–Kier alpha value is -1.58. The smallest absolute Gasteiger partial charge is 0.338 e. The summed E-state index contributed by atoms with van der Waals surface area (Å²) in [5, 5.41) is 8.85. The lowest BCUT2D eigenvalue weighted by Crippen LogP contribution is -2.28. The molecule has 2 saturated carbocycles. The van der Waals surface area contributed by atoms with E-state index < -0.39 is 11.8 Å². The molecule has 0 bridgehead atoms. The average molecular weight is 263 g/mol. The predicted molar refractivity (Wildman–Crippen MR) is 71.0 cm³/mol. The highest BCUT2D eigenvalue weighted by molar-refractivity contribution is 5.88. The number of benzene rings is 1. The highest BCUT2D eigenvalue weighted by Crippen LogP contribution is 2.36. The molecule has 2 aliphatic carbocycles. The van der Waals surface area contributed by atoms with Gasteiger partial charge in [0.05, 0.1) is 5.56 Å². The van der Waals surface area contributed by atoms with Crippen molar-refractivity contribution in [1.29, 1.82) is 0 Å². The van der Waals surface area contributed by atoms with Gasteiger partial charge in [-0.05, 0) is 55.7 Å². The summed E-state index contributed by atoms with van der Waals surface area (Å²) < 4.78 is 13.8. The van der Waals surface area contributed by atoms with Crippen molar-refractivity contribution in [3.63, 3.8) is 0 Å². The van der Waals surface area contributed by atoms with E-state index in [1.165, 1.54) is 37.8 Å². The summed E-state index contributed by atoms with van der Waals surface area (Å²) in [7, 11) is 0. The molecule has 0 radical (unpaired) electrons. The van der Waals surface area contributed by atoms with E-state index in [9.17, 15) is 9.18 Å². The van der Waals surface area contributed by atoms with Gasteiger partial charge in [0.25, 0.3) is 0 Å². The van der Waals surface area contributed by atoms with Crippen LogP contribution in [0.1, 0.15) is 36.0 Å². The van der Waals surface area contributed by atoms with Crippen molar-refractivity contribution in [2.75, 3.05) is 18.0 Å². The first-order valence-electron chi connectivity index (χ1n) is 6.91. The molecule has 3 nitrogen and oxygen atoms in total. The third kappa shape index (κ3) is 3.06. The van der Waals surface area contributed by atoms with E-state index in [2.05, 4.69) is 4.90 Å². The molecule has 3 rings (SSSR count). The Morgan fingerprint density at radius 2 is 1.79 bits per heavy atom. The third-order valence-electron chi connectivity index (χ3n) is 3.90. The molecule has 1 aromatic rings. The predicted octanol–water partition coefficient (Wildman–Crippen LogP) is 3.15. The maximum atomic E-state index is 13.8. The fraction of sp³-hybridized carbons (Fsp3) is 0.533. The molecule has 0 heterocycles. The van der Waals surface area contributed by atoms with Crippen molar-refractivity contribution in [2.24, 2.45) is 11.8 Å². The number of hydrogen-bond donors (Lipinski definition) is 1. The molecule has 0 aromatic heterocycles. The number of hydrogen-bond acceptors (Lipinski definition) is 2. The van der Waals surface area contributed by atoms with Gasteiger partial charge in [0.1, 0.15) is 5.82 Å². The van der Waals surface area contributed by atoms with Gasteiger partial charge < -0.3 is 10.0 Å². The van der Waals surface area contributed by atoms with Crippen molar-refractivity contribution >= 4 is 11.7 Å². The molecule has 0 unspecified atom stereocenters. The zero-order valence-corrected chi connectivity index (χ0v) is 10.8. The van der Waals surface area contributed by atoms with Gasteiger partial charge in [-0.15, -0.1) is 0 Å². The number of aromatic carboxylic acids is 1. The van der Waals surface area contributed by atoms with Crippen molar-refractivity contribution in [3.05, 3.63) is 29.6 Å². The Morgan fingerprint density at radius 1 is 1.21 bits per heavy atom. The fourth-order valence-electron chi connectivity index (χ4n) is 2.38. The highest BCUT2D eigenvalue weighted by atomic mass is 19.1. The lowest BCUT2D eigenvalue weighted by atomic mass is 10.1. The summed E-state index contributed by atoms with van der Waals surface area (Å²) in [5.74, 6) is -0.372. The number of nitrogens with zero attached hydrogens (tertiary/aromatic N) is 1. The molecule has 0 saturated heterocycles. The van der Waals surface area contributed by atoms with Gasteiger partial charge in [0, 0.05) is 18.8 Å². The van der Waals surface area contributed by atoms with Gasteiger partial charge in [-0.25, -0.2) is 9.18 Å². The zero-order chi connectivity index (χ0) is 13.4. The summed E-state index contributed by atoms with van der Waals surface area (Å²) in [6, 6.07) is 4.48. The lowest BCUT2D eigenvalue weighted by Gasteiger charge is -2.25. The highest BCUT2D eigenvalue weighted by Gasteiger charge is 2.29. The molecule has 1 aromatic carbocycles. The van der Waals surface area contributed by atoms with E-state index in [0.29, 0.717) is 0 Å². The SMILES string of the molecule is O=C(O)c1ccc(N(CC2CC2)CC2CC2)cc1F. The molecule has 0 aliphatic heterocycles. The number of halogens is 1. The number of carboxylic acid groups (broad SMARTS) is 1. The average Bonchev–Trinajstić information content (AvgIpc) is 3.22. The van der Waals surface area contributed by atoms with Gasteiger partial charge in [-0.1, -0.05) is 0 Å². The molecule has 0 amide bonds. The van der Waals surface area contributed by atoms with Crippen LogP contribution < -0.4 is 4.90 Å². The van der Waals surface area contributed by atoms with Crippen LogP contribution in [0.4, 0.5) is 10.1 Å². The van der Waals surface area contributed by atoms with Crippen LogP contribution in [0, 0.1) is 17.7 Å². The summed E-state index contributed by atoms with van der Waals surface area (Å²) in [5.41, 5.74) is 0.572. The monoisotopic (exact) mass is 263 g/mol. The largest absolute Gasteiger partial charge is 0.478 e. The second-order valence-electron chi connectivity index (χ2n) is 5.76. The minimum Gasteiger partial charge on any atom is -0.478 e. The Labute approximate surface area is 112 Å². The fourth-order valence-corrected chi connectivity index (χ4v) is 2.38. The molecule has 0 atom stereocenters. The van der Waals surface area contributed by atoms with Crippen LogP contribution in [0.15, 0.2) is 18.2 Å².